The Morgan fingerprint density at radius 2 is 1.94 bits per heavy atom. The number of benzene rings is 2. The summed E-state index contributed by atoms with van der Waals surface area (Å²) in [7, 11) is 0. The zero-order chi connectivity index (χ0) is 12.4. The minimum atomic E-state index is 0.287. The van der Waals surface area contributed by atoms with Crippen molar-refractivity contribution in [2.24, 2.45) is 0 Å². The molecule has 0 spiro atoms. The fourth-order valence-electron chi connectivity index (χ4n) is 1.80. The molecule has 0 radical (unpaired) electrons. The van der Waals surface area contributed by atoms with Crippen molar-refractivity contribution >= 4 is 5.69 Å². The highest BCUT2D eigenvalue weighted by atomic mass is 16.7. The molecule has 1 aliphatic heterocycles. The molecule has 0 amide bonds. The van der Waals surface area contributed by atoms with E-state index in [0.29, 0.717) is 12.3 Å². The molecule has 0 saturated carbocycles. The lowest BCUT2D eigenvalue weighted by Gasteiger charge is -2.07. The summed E-state index contributed by atoms with van der Waals surface area (Å²) in [5.41, 5.74) is 7.41. The molecule has 0 saturated heterocycles. The predicted octanol–water partition coefficient (Wildman–Crippen LogP) is 2.58. The van der Waals surface area contributed by atoms with Crippen molar-refractivity contribution in [2.75, 3.05) is 12.5 Å². The van der Waals surface area contributed by atoms with Gasteiger partial charge in [-0.05, 0) is 29.8 Å². The Kier molecular flexibility index (Phi) is 2.68. The summed E-state index contributed by atoms with van der Waals surface area (Å²) in [5.74, 6) is 2.30. The molecular formula is C14H13NO3. The van der Waals surface area contributed by atoms with Crippen molar-refractivity contribution in [3.05, 3.63) is 48.0 Å². The number of nitrogens with two attached hydrogens (primary N) is 1. The van der Waals surface area contributed by atoms with E-state index in [2.05, 4.69) is 0 Å². The molecule has 0 bridgehead atoms. The quantitative estimate of drug-likeness (QED) is 0.842. The smallest absolute Gasteiger partial charge is 0.231 e. The molecule has 4 heteroatoms. The Balaban J connectivity index is 1.70. The number of fused-ring (bicyclic) bond motifs is 1. The third-order valence-electron chi connectivity index (χ3n) is 2.70. The van der Waals surface area contributed by atoms with Crippen LogP contribution in [0.2, 0.25) is 0 Å². The summed E-state index contributed by atoms with van der Waals surface area (Å²) in [4.78, 5) is 0. The zero-order valence-corrected chi connectivity index (χ0v) is 9.76. The van der Waals surface area contributed by atoms with E-state index in [-0.39, 0.29) is 6.79 Å². The van der Waals surface area contributed by atoms with Gasteiger partial charge in [-0.1, -0.05) is 12.1 Å². The predicted molar refractivity (Wildman–Crippen MR) is 67.8 cm³/mol. The summed E-state index contributed by atoms with van der Waals surface area (Å²) in [6.07, 6.45) is 0. The number of hydrogen-bond donors (Lipinski definition) is 1. The van der Waals surface area contributed by atoms with Gasteiger partial charge in [-0.25, -0.2) is 0 Å². The van der Waals surface area contributed by atoms with Crippen LogP contribution in [0.1, 0.15) is 5.56 Å². The van der Waals surface area contributed by atoms with Crippen LogP contribution in [0.25, 0.3) is 0 Å². The maximum absolute atomic E-state index is 5.68. The number of ether oxygens (including phenoxy) is 3. The Labute approximate surface area is 105 Å². The van der Waals surface area contributed by atoms with Gasteiger partial charge in [0.05, 0.1) is 0 Å². The largest absolute Gasteiger partial charge is 0.489 e. The second kappa shape index (κ2) is 4.49. The Morgan fingerprint density at radius 3 is 2.83 bits per heavy atom. The third-order valence-corrected chi connectivity index (χ3v) is 2.70. The maximum Gasteiger partial charge on any atom is 0.231 e. The lowest BCUT2D eigenvalue weighted by molar-refractivity contribution is 0.174. The van der Waals surface area contributed by atoms with Gasteiger partial charge in [-0.15, -0.1) is 0 Å². The van der Waals surface area contributed by atoms with E-state index in [1.54, 1.807) is 6.07 Å². The molecule has 0 aliphatic carbocycles. The van der Waals surface area contributed by atoms with Gasteiger partial charge in [0.2, 0.25) is 6.79 Å². The van der Waals surface area contributed by atoms with Gasteiger partial charge in [0.25, 0.3) is 0 Å². The summed E-state index contributed by atoms with van der Waals surface area (Å²) in [6, 6.07) is 13.1. The highest BCUT2D eigenvalue weighted by Gasteiger charge is 2.13. The standard InChI is InChI=1S/C14H13NO3/c15-11-2-1-3-12(7-11)16-8-10-4-5-13-14(6-10)18-9-17-13/h1-7H,8-9,15H2. The van der Waals surface area contributed by atoms with Gasteiger partial charge in [0.1, 0.15) is 12.4 Å². The van der Waals surface area contributed by atoms with E-state index < -0.39 is 0 Å². The Morgan fingerprint density at radius 1 is 1.06 bits per heavy atom. The molecule has 92 valence electrons. The van der Waals surface area contributed by atoms with Crippen molar-refractivity contribution in [3.63, 3.8) is 0 Å². The van der Waals surface area contributed by atoms with Gasteiger partial charge in [0, 0.05) is 11.8 Å². The number of nitrogen functional groups attached to an aromatic ring is 1. The molecule has 0 unspecified atom stereocenters. The molecule has 3 rings (SSSR count). The normalized spacial score (nSPS) is 12.4. The average Bonchev–Trinajstić information content (AvgIpc) is 2.84. The highest BCUT2D eigenvalue weighted by molar-refractivity contribution is 5.45. The van der Waals surface area contributed by atoms with Crippen LogP contribution in [0.4, 0.5) is 5.69 Å². The molecule has 4 nitrogen and oxygen atoms in total. The molecule has 1 heterocycles. The van der Waals surface area contributed by atoms with E-state index in [4.69, 9.17) is 19.9 Å². The van der Waals surface area contributed by atoms with Crippen LogP contribution < -0.4 is 19.9 Å². The van der Waals surface area contributed by atoms with Crippen LogP contribution in [-0.2, 0) is 6.61 Å². The topological polar surface area (TPSA) is 53.7 Å². The van der Waals surface area contributed by atoms with Crippen LogP contribution in [0.5, 0.6) is 17.2 Å². The second-order valence-electron chi connectivity index (χ2n) is 4.05. The monoisotopic (exact) mass is 243 g/mol. The van der Waals surface area contributed by atoms with Crippen LogP contribution in [0, 0.1) is 0 Å². The first-order chi connectivity index (χ1) is 8.81. The maximum atomic E-state index is 5.68. The summed E-state index contributed by atoms with van der Waals surface area (Å²) < 4.78 is 16.2. The van der Waals surface area contributed by atoms with Crippen molar-refractivity contribution in [1.82, 2.24) is 0 Å². The Bertz CT molecular complexity index is 569. The highest BCUT2D eigenvalue weighted by Crippen LogP contribution is 2.32. The van der Waals surface area contributed by atoms with Crippen molar-refractivity contribution in [1.29, 1.82) is 0 Å². The van der Waals surface area contributed by atoms with E-state index in [0.717, 1.165) is 22.8 Å². The van der Waals surface area contributed by atoms with Crippen LogP contribution in [0.15, 0.2) is 42.5 Å². The lowest BCUT2D eigenvalue weighted by Crippen LogP contribution is -1.96. The molecule has 2 N–H and O–H groups in total. The van der Waals surface area contributed by atoms with E-state index in [1.807, 2.05) is 36.4 Å². The van der Waals surface area contributed by atoms with Crippen molar-refractivity contribution in [2.45, 2.75) is 6.61 Å². The number of hydrogen-bond acceptors (Lipinski definition) is 4. The van der Waals surface area contributed by atoms with Gasteiger partial charge in [-0.2, -0.15) is 0 Å². The van der Waals surface area contributed by atoms with Gasteiger partial charge >= 0.3 is 0 Å². The minimum absolute atomic E-state index is 0.287. The van der Waals surface area contributed by atoms with E-state index >= 15 is 0 Å². The number of rotatable bonds is 3. The second-order valence-corrected chi connectivity index (χ2v) is 4.05. The lowest BCUT2D eigenvalue weighted by atomic mass is 10.2. The van der Waals surface area contributed by atoms with Crippen LogP contribution >= 0.6 is 0 Å². The van der Waals surface area contributed by atoms with E-state index in [9.17, 15) is 0 Å². The molecule has 2 aromatic rings. The fraction of sp³-hybridized carbons (Fsp3) is 0.143. The fourth-order valence-corrected chi connectivity index (χ4v) is 1.80. The molecule has 18 heavy (non-hydrogen) atoms. The SMILES string of the molecule is Nc1cccc(OCc2ccc3c(c2)OCO3)c1. The van der Waals surface area contributed by atoms with Crippen LogP contribution in [-0.4, -0.2) is 6.79 Å². The first-order valence-electron chi connectivity index (χ1n) is 5.68. The molecule has 0 fully saturated rings. The summed E-state index contributed by atoms with van der Waals surface area (Å²) >= 11 is 0. The summed E-state index contributed by atoms with van der Waals surface area (Å²) in [5, 5.41) is 0. The average molecular weight is 243 g/mol. The first-order valence-corrected chi connectivity index (χ1v) is 5.68. The van der Waals surface area contributed by atoms with Crippen molar-refractivity contribution < 1.29 is 14.2 Å². The van der Waals surface area contributed by atoms with Crippen molar-refractivity contribution in [3.8, 4) is 17.2 Å². The third kappa shape index (κ3) is 2.18. The molecule has 1 aliphatic rings. The summed E-state index contributed by atoms with van der Waals surface area (Å²) in [6.45, 7) is 0.759. The zero-order valence-electron chi connectivity index (χ0n) is 9.76. The van der Waals surface area contributed by atoms with Gasteiger partial charge in [-0.3, -0.25) is 0 Å². The number of anilines is 1. The van der Waals surface area contributed by atoms with Gasteiger partial charge < -0.3 is 19.9 Å². The molecule has 2 aromatic carbocycles. The molecule has 0 atom stereocenters. The Hall–Kier alpha value is -2.36. The first kappa shape index (κ1) is 10.8. The van der Waals surface area contributed by atoms with Gasteiger partial charge in [0.15, 0.2) is 11.5 Å². The minimum Gasteiger partial charge on any atom is -0.489 e. The molecular weight excluding hydrogens is 230 g/mol. The molecule has 0 aromatic heterocycles. The van der Waals surface area contributed by atoms with E-state index in [1.165, 1.54) is 0 Å². The van der Waals surface area contributed by atoms with Crippen LogP contribution in [0.3, 0.4) is 0 Å².